The first-order chi connectivity index (χ1) is 12.6. The van der Waals surface area contributed by atoms with Gasteiger partial charge in [-0.05, 0) is 66.3 Å². The second kappa shape index (κ2) is 5.78. The first kappa shape index (κ1) is 18.9. The Labute approximate surface area is 162 Å². The number of aliphatic hydroxyl groups is 2. The van der Waals surface area contributed by atoms with Crippen LogP contribution in [-0.2, 0) is 9.53 Å². The third-order valence-electron chi connectivity index (χ3n) is 9.10. The van der Waals surface area contributed by atoms with Crippen molar-refractivity contribution in [1.29, 1.82) is 0 Å². The number of methoxy groups -OCH3 is 1. The molecule has 2 unspecified atom stereocenters. The van der Waals surface area contributed by atoms with E-state index in [0.717, 1.165) is 12.8 Å². The van der Waals surface area contributed by atoms with Gasteiger partial charge in [0, 0.05) is 17.4 Å². The smallest absolute Gasteiger partial charge is 0.334 e. The zero-order chi connectivity index (χ0) is 19.8. The van der Waals surface area contributed by atoms with Crippen molar-refractivity contribution in [1.82, 2.24) is 0 Å². The molecule has 150 valence electrons. The van der Waals surface area contributed by atoms with Gasteiger partial charge >= 0.3 is 5.97 Å². The highest BCUT2D eigenvalue weighted by Crippen LogP contribution is 2.72. The van der Waals surface area contributed by atoms with Crippen molar-refractivity contribution in [2.24, 2.45) is 39.9 Å². The maximum Gasteiger partial charge on any atom is 0.334 e. The molecule has 4 aliphatic rings. The molecule has 0 saturated heterocycles. The van der Waals surface area contributed by atoms with Crippen LogP contribution >= 0.6 is 0 Å². The number of rotatable bonds is 1. The third-order valence-corrected chi connectivity index (χ3v) is 9.10. The first-order valence-corrected chi connectivity index (χ1v) is 10.5. The van der Waals surface area contributed by atoms with Gasteiger partial charge in [-0.2, -0.15) is 0 Å². The number of fused-ring (bicyclic) bond motifs is 5. The minimum atomic E-state index is -0.373. The molecule has 2 N–H and O–H groups in total. The van der Waals surface area contributed by atoms with Gasteiger partial charge in [-0.3, -0.25) is 0 Å². The van der Waals surface area contributed by atoms with Crippen molar-refractivity contribution in [2.45, 2.75) is 66.2 Å². The van der Waals surface area contributed by atoms with E-state index in [1.807, 2.05) is 0 Å². The Hall–Kier alpha value is -1.45. The van der Waals surface area contributed by atoms with Crippen molar-refractivity contribution in [3.8, 4) is 0 Å². The molecule has 0 aromatic rings. The number of carbonyl (C=O) groups is 1. The zero-order valence-corrected chi connectivity index (χ0v) is 17.3. The SMILES string of the molecule is COC(=O)C1=CC(O)=C(O)C2C[C@@H]3[C@@]4(C)CCCC(C)(C)[C@@H]4CC[C@@]3(C)C12. The fraction of sp³-hybridized carbons (Fsp3) is 0.783. The fourth-order valence-corrected chi connectivity index (χ4v) is 8.09. The Kier molecular flexibility index (Phi) is 4.04. The monoisotopic (exact) mass is 374 g/mol. The van der Waals surface area contributed by atoms with E-state index < -0.39 is 0 Å². The van der Waals surface area contributed by atoms with E-state index >= 15 is 0 Å². The lowest BCUT2D eigenvalue weighted by atomic mass is 9.43. The van der Waals surface area contributed by atoms with Crippen LogP contribution in [0.3, 0.4) is 0 Å². The Morgan fingerprint density at radius 2 is 1.78 bits per heavy atom. The normalized spacial score (nSPS) is 45.4. The number of ether oxygens (including phenoxy) is 1. The lowest BCUT2D eigenvalue weighted by Crippen LogP contribution is -2.54. The molecule has 4 aliphatic carbocycles. The summed E-state index contributed by atoms with van der Waals surface area (Å²) in [5.41, 5.74) is 1.03. The Morgan fingerprint density at radius 3 is 2.44 bits per heavy atom. The van der Waals surface area contributed by atoms with Crippen LogP contribution in [-0.4, -0.2) is 23.3 Å². The Balaban J connectivity index is 1.81. The molecule has 0 radical (unpaired) electrons. The summed E-state index contributed by atoms with van der Waals surface area (Å²) in [6.45, 7) is 9.61. The highest BCUT2D eigenvalue weighted by Gasteiger charge is 2.66. The standard InChI is InChI=1S/C23H34O4/c1-21(2)8-6-9-22(3)16(21)7-10-23(4)17(22)12-13-18(23)14(20(26)27-5)11-15(24)19(13)25/h11,13,16-18,24-25H,6-10,12H2,1-5H3/t13?,16-,17+,18?,22-,23+/m0/s1. The summed E-state index contributed by atoms with van der Waals surface area (Å²) in [5, 5.41) is 21.0. The molecule has 0 bridgehead atoms. The van der Waals surface area contributed by atoms with Gasteiger partial charge in [0.2, 0.25) is 0 Å². The average Bonchev–Trinajstić information content (AvgIpc) is 2.91. The molecule has 0 amide bonds. The molecule has 4 rings (SSSR count). The van der Waals surface area contributed by atoms with Gasteiger partial charge in [0.05, 0.1) is 7.11 Å². The summed E-state index contributed by atoms with van der Waals surface area (Å²) in [7, 11) is 1.39. The first-order valence-electron chi connectivity index (χ1n) is 10.5. The van der Waals surface area contributed by atoms with Crippen LogP contribution in [0.1, 0.15) is 66.2 Å². The third kappa shape index (κ3) is 2.37. The highest BCUT2D eigenvalue weighted by molar-refractivity contribution is 5.90. The van der Waals surface area contributed by atoms with E-state index in [0.29, 0.717) is 22.8 Å². The van der Waals surface area contributed by atoms with E-state index in [4.69, 9.17) is 4.74 Å². The van der Waals surface area contributed by atoms with Crippen molar-refractivity contribution < 1.29 is 19.7 Å². The van der Waals surface area contributed by atoms with Crippen molar-refractivity contribution in [2.75, 3.05) is 7.11 Å². The van der Waals surface area contributed by atoms with Crippen LogP contribution in [0.4, 0.5) is 0 Å². The van der Waals surface area contributed by atoms with Crippen LogP contribution in [0, 0.1) is 39.9 Å². The molecule has 0 aliphatic heterocycles. The van der Waals surface area contributed by atoms with Gasteiger partial charge in [-0.15, -0.1) is 0 Å². The van der Waals surface area contributed by atoms with Crippen molar-refractivity contribution in [3.63, 3.8) is 0 Å². The van der Waals surface area contributed by atoms with Gasteiger partial charge in [0.1, 0.15) is 5.76 Å². The zero-order valence-electron chi connectivity index (χ0n) is 17.3. The van der Waals surface area contributed by atoms with E-state index in [9.17, 15) is 15.0 Å². The van der Waals surface area contributed by atoms with E-state index in [1.165, 1.54) is 38.9 Å². The number of esters is 1. The molecule has 4 heteroatoms. The molecule has 0 aromatic carbocycles. The Morgan fingerprint density at radius 1 is 1.07 bits per heavy atom. The molecule has 0 spiro atoms. The molecule has 3 saturated carbocycles. The number of allylic oxidation sites excluding steroid dienone is 2. The maximum atomic E-state index is 12.5. The highest BCUT2D eigenvalue weighted by atomic mass is 16.5. The minimum Gasteiger partial charge on any atom is -0.508 e. The minimum absolute atomic E-state index is 0.0575. The summed E-state index contributed by atoms with van der Waals surface area (Å²) in [4.78, 5) is 12.5. The fourth-order valence-electron chi connectivity index (χ4n) is 8.09. The number of hydrogen-bond acceptors (Lipinski definition) is 4. The van der Waals surface area contributed by atoms with E-state index in [1.54, 1.807) is 0 Å². The lowest BCUT2D eigenvalue weighted by molar-refractivity contribution is -0.140. The molecule has 4 nitrogen and oxygen atoms in total. The largest absolute Gasteiger partial charge is 0.508 e. The van der Waals surface area contributed by atoms with Crippen molar-refractivity contribution >= 4 is 5.97 Å². The molecule has 27 heavy (non-hydrogen) atoms. The van der Waals surface area contributed by atoms with Gasteiger partial charge in [-0.25, -0.2) is 4.79 Å². The second-order valence-electron chi connectivity index (χ2n) is 10.7. The second-order valence-corrected chi connectivity index (χ2v) is 10.7. The molecule has 3 fully saturated rings. The van der Waals surface area contributed by atoms with Crippen LogP contribution < -0.4 is 0 Å². The van der Waals surface area contributed by atoms with Crippen LogP contribution in [0.5, 0.6) is 0 Å². The molecular weight excluding hydrogens is 340 g/mol. The maximum absolute atomic E-state index is 12.5. The summed E-state index contributed by atoms with van der Waals surface area (Å²) in [6.07, 6.45) is 8.27. The molecule has 0 aromatic heterocycles. The van der Waals surface area contributed by atoms with Crippen LogP contribution in [0.25, 0.3) is 0 Å². The molecule has 0 heterocycles. The van der Waals surface area contributed by atoms with Gasteiger partial charge in [0.25, 0.3) is 0 Å². The topological polar surface area (TPSA) is 66.8 Å². The predicted molar refractivity (Wildman–Crippen MR) is 104 cm³/mol. The van der Waals surface area contributed by atoms with Crippen LogP contribution in [0.15, 0.2) is 23.2 Å². The summed E-state index contributed by atoms with van der Waals surface area (Å²) in [5.74, 6) is 0.375. The lowest BCUT2D eigenvalue weighted by Gasteiger charge is -2.62. The number of hydrogen-bond donors (Lipinski definition) is 2. The summed E-state index contributed by atoms with van der Waals surface area (Å²) < 4.78 is 5.05. The number of aliphatic hydroxyl groups excluding tert-OH is 2. The van der Waals surface area contributed by atoms with E-state index in [-0.39, 0.29) is 40.2 Å². The summed E-state index contributed by atoms with van der Waals surface area (Å²) >= 11 is 0. The van der Waals surface area contributed by atoms with E-state index in [2.05, 4.69) is 27.7 Å². The quantitative estimate of drug-likeness (QED) is 0.610. The van der Waals surface area contributed by atoms with Gasteiger partial charge < -0.3 is 14.9 Å². The van der Waals surface area contributed by atoms with Crippen molar-refractivity contribution in [3.05, 3.63) is 23.2 Å². The summed E-state index contributed by atoms with van der Waals surface area (Å²) in [6, 6.07) is 0. The predicted octanol–water partition coefficient (Wildman–Crippen LogP) is 5.31. The molecule has 6 atom stereocenters. The molecular formula is C23H34O4. The number of carbonyl (C=O) groups excluding carboxylic acids is 1. The van der Waals surface area contributed by atoms with Gasteiger partial charge in [-0.1, -0.05) is 34.1 Å². The average molecular weight is 375 g/mol. The van der Waals surface area contributed by atoms with Gasteiger partial charge in [0.15, 0.2) is 5.76 Å². The van der Waals surface area contributed by atoms with Crippen LogP contribution in [0.2, 0.25) is 0 Å². The Bertz CT molecular complexity index is 733.